The number of aliphatic hydroxyl groups excluding tert-OH is 1. The number of fused-ring (bicyclic) bond motifs is 1. The number of carbonyl (C=O) groups is 1. The molecule has 2 rings (SSSR count). The third-order valence-corrected chi connectivity index (χ3v) is 2.81. The van der Waals surface area contributed by atoms with E-state index in [-0.39, 0.29) is 30.9 Å². The summed E-state index contributed by atoms with van der Waals surface area (Å²) in [5.41, 5.74) is 6.90. The Kier molecular flexibility index (Phi) is 2.70. The third kappa shape index (κ3) is 1.73. The van der Waals surface area contributed by atoms with E-state index in [1.807, 2.05) is 18.4 Å². The summed E-state index contributed by atoms with van der Waals surface area (Å²) in [6.07, 6.45) is 7.41. The zero-order chi connectivity index (χ0) is 10.8. The van der Waals surface area contributed by atoms with Gasteiger partial charge in [0.2, 0.25) is 0 Å². The molecular weight excluding hydrogens is 192 g/mol. The van der Waals surface area contributed by atoms with Gasteiger partial charge in [0.25, 0.3) is 0 Å². The van der Waals surface area contributed by atoms with Crippen LogP contribution in [0.25, 0.3) is 0 Å². The molecular formula is C11H14N2O2. The fraction of sp³-hybridized carbons (Fsp3) is 0.364. The fourth-order valence-electron chi connectivity index (χ4n) is 1.94. The predicted octanol–water partition coefficient (Wildman–Crippen LogP) is -0.525. The summed E-state index contributed by atoms with van der Waals surface area (Å²) in [5.74, 6) is 0.119. The highest BCUT2D eigenvalue weighted by atomic mass is 16.3. The van der Waals surface area contributed by atoms with Gasteiger partial charge in [0, 0.05) is 11.5 Å². The second-order valence-electron chi connectivity index (χ2n) is 3.70. The normalized spacial score (nSPS) is 27.9. The number of nitrogens with two attached hydrogens (primary N) is 1. The molecule has 4 nitrogen and oxygen atoms in total. The molecule has 1 aliphatic carbocycles. The molecule has 4 N–H and O–H groups in total. The van der Waals surface area contributed by atoms with Crippen molar-refractivity contribution in [1.82, 2.24) is 5.32 Å². The second-order valence-corrected chi connectivity index (χ2v) is 3.70. The van der Waals surface area contributed by atoms with Crippen molar-refractivity contribution in [2.75, 3.05) is 13.2 Å². The number of allylic oxidation sites excluding steroid dienone is 1. The third-order valence-electron chi connectivity index (χ3n) is 2.81. The SMILES string of the molecule is NCC(=O)C1=CC2NC=C(CO)C2C=C1. The molecule has 0 saturated carbocycles. The molecule has 0 spiro atoms. The molecule has 0 aromatic carbocycles. The van der Waals surface area contributed by atoms with Crippen LogP contribution in [0, 0.1) is 5.92 Å². The molecule has 0 aromatic heterocycles. The Labute approximate surface area is 88.2 Å². The number of hydrogen-bond acceptors (Lipinski definition) is 4. The van der Waals surface area contributed by atoms with Crippen molar-refractivity contribution in [2.24, 2.45) is 11.7 Å². The first-order chi connectivity index (χ1) is 7.26. The van der Waals surface area contributed by atoms with Gasteiger partial charge < -0.3 is 16.2 Å². The number of rotatable bonds is 3. The molecule has 1 aliphatic heterocycles. The summed E-state index contributed by atoms with van der Waals surface area (Å²) in [6, 6.07) is 0.0858. The van der Waals surface area contributed by atoms with Gasteiger partial charge in [-0.25, -0.2) is 0 Å². The minimum Gasteiger partial charge on any atom is -0.392 e. The van der Waals surface area contributed by atoms with Crippen LogP contribution in [0.5, 0.6) is 0 Å². The van der Waals surface area contributed by atoms with Gasteiger partial charge in [-0.2, -0.15) is 0 Å². The predicted molar refractivity (Wildman–Crippen MR) is 56.9 cm³/mol. The van der Waals surface area contributed by atoms with E-state index < -0.39 is 0 Å². The fourth-order valence-corrected chi connectivity index (χ4v) is 1.94. The summed E-state index contributed by atoms with van der Waals surface area (Å²) >= 11 is 0. The highest BCUT2D eigenvalue weighted by Crippen LogP contribution is 2.27. The summed E-state index contributed by atoms with van der Waals surface area (Å²) in [7, 11) is 0. The zero-order valence-corrected chi connectivity index (χ0v) is 8.31. The van der Waals surface area contributed by atoms with Crippen molar-refractivity contribution in [2.45, 2.75) is 6.04 Å². The van der Waals surface area contributed by atoms with E-state index in [2.05, 4.69) is 5.32 Å². The van der Waals surface area contributed by atoms with E-state index in [1.54, 1.807) is 6.08 Å². The van der Waals surface area contributed by atoms with Crippen molar-refractivity contribution in [1.29, 1.82) is 0 Å². The van der Waals surface area contributed by atoms with Crippen molar-refractivity contribution in [3.8, 4) is 0 Å². The summed E-state index contributed by atoms with van der Waals surface area (Å²) in [4.78, 5) is 11.4. The number of hydrogen-bond donors (Lipinski definition) is 3. The van der Waals surface area contributed by atoms with Crippen LogP contribution in [0.15, 0.2) is 35.6 Å². The molecule has 2 atom stereocenters. The minimum absolute atomic E-state index is 0.0356. The molecule has 0 bridgehead atoms. The maximum absolute atomic E-state index is 11.4. The first kappa shape index (κ1) is 10.1. The molecule has 4 heteroatoms. The van der Waals surface area contributed by atoms with Crippen molar-refractivity contribution in [3.05, 3.63) is 35.6 Å². The smallest absolute Gasteiger partial charge is 0.176 e. The molecule has 15 heavy (non-hydrogen) atoms. The van der Waals surface area contributed by atoms with Crippen LogP contribution in [0.4, 0.5) is 0 Å². The Hall–Kier alpha value is -1.39. The molecule has 0 amide bonds. The lowest BCUT2D eigenvalue weighted by atomic mass is 9.88. The van der Waals surface area contributed by atoms with Crippen molar-refractivity contribution in [3.63, 3.8) is 0 Å². The Morgan fingerprint density at radius 3 is 3.07 bits per heavy atom. The molecule has 2 unspecified atom stereocenters. The lowest BCUT2D eigenvalue weighted by molar-refractivity contribution is -0.114. The van der Waals surface area contributed by atoms with Crippen LogP contribution in [-0.2, 0) is 4.79 Å². The Bertz CT molecular complexity index is 369. The maximum atomic E-state index is 11.4. The average Bonchev–Trinajstić information content (AvgIpc) is 2.69. The molecule has 0 saturated heterocycles. The molecule has 0 aromatic rings. The topological polar surface area (TPSA) is 75.4 Å². The van der Waals surface area contributed by atoms with E-state index in [1.165, 1.54) is 0 Å². The van der Waals surface area contributed by atoms with Crippen LogP contribution < -0.4 is 11.1 Å². The van der Waals surface area contributed by atoms with E-state index in [0.29, 0.717) is 5.57 Å². The number of Topliss-reactive ketones (excluding diaryl/α,β-unsaturated/α-hetero) is 1. The molecule has 0 radical (unpaired) electrons. The molecule has 1 heterocycles. The monoisotopic (exact) mass is 206 g/mol. The van der Waals surface area contributed by atoms with Crippen LogP contribution in [0.3, 0.4) is 0 Å². The molecule has 80 valence electrons. The van der Waals surface area contributed by atoms with E-state index in [4.69, 9.17) is 10.8 Å². The van der Waals surface area contributed by atoms with E-state index in [9.17, 15) is 4.79 Å². The summed E-state index contributed by atoms with van der Waals surface area (Å²) < 4.78 is 0. The highest BCUT2D eigenvalue weighted by Gasteiger charge is 2.28. The Morgan fingerprint density at radius 2 is 2.40 bits per heavy atom. The van der Waals surface area contributed by atoms with Crippen molar-refractivity contribution < 1.29 is 9.90 Å². The highest BCUT2D eigenvalue weighted by molar-refractivity contribution is 5.99. The summed E-state index contributed by atoms with van der Waals surface area (Å²) in [6.45, 7) is 0.0837. The Balaban J connectivity index is 2.16. The largest absolute Gasteiger partial charge is 0.392 e. The minimum atomic E-state index is -0.0519. The van der Waals surface area contributed by atoms with Gasteiger partial charge in [-0.3, -0.25) is 4.79 Å². The lowest BCUT2D eigenvalue weighted by Gasteiger charge is -2.20. The number of carbonyl (C=O) groups excluding carboxylic acids is 1. The van der Waals surface area contributed by atoms with Gasteiger partial charge in [-0.05, 0) is 11.8 Å². The Morgan fingerprint density at radius 1 is 1.60 bits per heavy atom. The maximum Gasteiger partial charge on any atom is 0.176 e. The van der Waals surface area contributed by atoms with Gasteiger partial charge >= 0.3 is 0 Å². The van der Waals surface area contributed by atoms with E-state index in [0.717, 1.165) is 5.57 Å². The van der Waals surface area contributed by atoms with Crippen LogP contribution >= 0.6 is 0 Å². The van der Waals surface area contributed by atoms with Crippen LogP contribution in [-0.4, -0.2) is 30.1 Å². The first-order valence-corrected chi connectivity index (χ1v) is 4.95. The van der Waals surface area contributed by atoms with Gasteiger partial charge in [0.15, 0.2) is 5.78 Å². The van der Waals surface area contributed by atoms with E-state index >= 15 is 0 Å². The van der Waals surface area contributed by atoms with Gasteiger partial charge in [0.1, 0.15) is 0 Å². The zero-order valence-electron chi connectivity index (χ0n) is 8.31. The average molecular weight is 206 g/mol. The van der Waals surface area contributed by atoms with Crippen LogP contribution in [0.1, 0.15) is 0 Å². The van der Waals surface area contributed by atoms with Gasteiger partial charge in [-0.1, -0.05) is 18.2 Å². The van der Waals surface area contributed by atoms with Crippen LogP contribution in [0.2, 0.25) is 0 Å². The van der Waals surface area contributed by atoms with Crippen molar-refractivity contribution >= 4 is 5.78 Å². The van der Waals surface area contributed by atoms with Gasteiger partial charge in [-0.15, -0.1) is 0 Å². The standard InChI is InChI=1S/C11H14N2O2/c12-4-11(15)7-1-2-9-8(6-14)5-13-10(9)3-7/h1-3,5,9-10,13-14H,4,6,12H2. The first-order valence-electron chi connectivity index (χ1n) is 4.95. The summed E-state index contributed by atoms with van der Waals surface area (Å²) in [5, 5.41) is 12.2. The lowest BCUT2D eigenvalue weighted by Crippen LogP contribution is -2.29. The quantitative estimate of drug-likeness (QED) is 0.580. The molecule has 0 fully saturated rings. The molecule has 2 aliphatic rings. The number of nitrogens with one attached hydrogen (secondary N) is 1. The number of ketones is 1. The number of aliphatic hydroxyl groups is 1. The second kappa shape index (κ2) is 4.00. The van der Waals surface area contributed by atoms with Gasteiger partial charge in [0.05, 0.1) is 19.2 Å².